The summed E-state index contributed by atoms with van der Waals surface area (Å²) < 4.78 is 0. The van der Waals surface area contributed by atoms with Gasteiger partial charge in [0.25, 0.3) is 5.69 Å². The smallest absolute Gasteiger partial charge is 0.270 e. The highest BCUT2D eigenvalue weighted by molar-refractivity contribution is 7.98. The fraction of sp³-hybridized carbons (Fsp3) is 0.385. The lowest BCUT2D eigenvalue weighted by atomic mass is 10.2. The predicted octanol–water partition coefficient (Wildman–Crippen LogP) is 3.09. The van der Waals surface area contributed by atoms with Gasteiger partial charge in [0, 0.05) is 24.1 Å². The number of nitrogens with zero attached hydrogens (tertiary/aromatic N) is 3. The molecule has 0 aliphatic rings. The van der Waals surface area contributed by atoms with E-state index in [0.717, 1.165) is 25.1 Å². The number of anilines is 1. The summed E-state index contributed by atoms with van der Waals surface area (Å²) in [6.07, 6.45) is 5.74. The van der Waals surface area contributed by atoms with Gasteiger partial charge in [-0.25, -0.2) is 9.97 Å². The van der Waals surface area contributed by atoms with Crippen molar-refractivity contribution in [3.05, 3.63) is 34.6 Å². The van der Waals surface area contributed by atoms with Crippen LogP contribution in [0.2, 0.25) is 0 Å². The number of thioether (sulfide) groups is 1. The second-order valence-corrected chi connectivity index (χ2v) is 5.29. The molecule has 1 heterocycles. The first kappa shape index (κ1) is 14.5. The highest BCUT2D eigenvalue weighted by atomic mass is 32.2. The van der Waals surface area contributed by atoms with Crippen LogP contribution in [0.1, 0.15) is 12.8 Å². The molecule has 0 unspecified atom stereocenters. The van der Waals surface area contributed by atoms with E-state index in [1.54, 1.807) is 6.07 Å². The summed E-state index contributed by atoms with van der Waals surface area (Å²) in [6.45, 7) is 0.801. The summed E-state index contributed by atoms with van der Waals surface area (Å²) in [5.74, 6) is 1.79. The van der Waals surface area contributed by atoms with Crippen molar-refractivity contribution in [2.75, 3.05) is 23.9 Å². The third kappa shape index (κ3) is 3.57. The van der Waals surface area contributed by atoms with Crippen molar-refractivity contribution in [3.8, 4) is 0 Å². The van der Waals surface area contributed by atoms with Gasteiger partial charge in [0.15, 0.2) is 0 Å². The second-order valence-electron chi connectivity index (χ2n) is 4.31. The molecule has 1 N–H and O–H groups in total. The van der Waals surface area contributed by atoms with Gasteiger partial charge < -0.3 is 5.32 Å². The molecule has 0 saturated carbocycles. The highest BCUT2D eigenvalue weighted by Gasteiger charge is 2.10. The van der Waals surface area contributed by atoms with Crippen LogP contribution in [0.3, 0.4) is 0 Å². The molecule has 0 radical (unpaired) electrons. The largest absolute Gasteiger partial charge is 0.369 e. The average molecular weight is 292 g/mol. The molecular formula is C13H16N4O2S. The predicted molar refractivity (Wildman–Crippen MR) is 82.3 cm³/mol. The number of rotatable bonds is 7. The fourth-order valence-corrected chi connectivity index (χ4v) is 2.37. The SMILES string of the molecule is CSCCCCNc1ncnc2ccc([N+](=O)[O-])cc12. The van der Waals surface area contributed by atoms with Crippen LogP contribution in [0, 0.1) is 10.1 Å². The number of unbranched alkanes of at least 4 members (excludes halogenated alkanes) is 1. The van der Waals surface area contributed by atoms with E-state index >= 15 is 0 Å². The van der Waals surface area contributed by atoms with Crippen molar-refractivity contribution in [1.29, 1.82) is 0 Å². The highest BCUT2D eigenvalue weighted by Crippen LogP contribution is 2.24. The third-order valence-electron chi connectivity index (χ3n) is 2.90. The minimum Gasteiger partial charge on any atom is -0.369 e. The summed E-state index contributed by atoms with van der Waals surface area (Å²) >= 11 is 1.83. The Kier molecular flexibility index (Phi) is 5.11. The summed E-state index contributed by atoms with van der Waals surface area (Å²) in [6, 6.07) is 4.62. The van der Waals surface area contributed by atoms with Crippen molar-refractivity contribution >= 4 is 34.2 Å². The number of non-ortho nitro benzene ring substituents is 1. The molecule has 0 aliphatic heterocycles. The second kappa shape index (κ2) is 7.04. The van der Waals surface area contributed by atoms with Crippen LogP contribution in [0.25, 0.3) is 10.9 Å². The molecule has 0 bridgehead atoms. The van der Waals surface area contributed by atoms with Crippen molar-refractivity contribution in [1.82, 2.24) is 9.97 Å². The summed E-state index contributed by atoms with van der Waals surface area (Å²) in [5, 5.41) is 14.7. The van der Waals surface area contributed by atoms with Gasteiger partial charge in [-0.15, -0.1) is 0 Å². The monoisotopic (exact) mass is 292 g/mol. The Bertz CT molecular complexity index is 606. The van der Waals surface area contributed by atoms with Gasteiger partial charge in [-0.2, -0.15) is 11.8 Å². The van der Waals surface area contributed by atoms with Gasteiger partial charge in [-0.05, 0) is 30.9 Å². The minimum atomic E-state index is -0.408. The lowest BCUT2D eigenvalue weighted by molar-refractivity contribution is -0.384. The number of fused-ring (bicyclic) bond motifs is 1. The zero-order valence-corrected chi connectivity index (χ0v) is 12.0. The van der Waals surface area contributed by atoms with Gasteiger partial charge in [0.1, 0.15) is 12.1 Å². The standard InChI is InChI=1S/C13H16N4O2S/c1-20-7-3-2-6-14-13-11-8-10(17(18)19)4-5-12(11)15-9-16-13/h4-5,8-9H,2-3,6-7H2,1H3,(H,14,15,16). The molecular weight excluding hydrogens is 276 g/mol. The van der Waals surface area contributed by atoms with E-state index in [4.69, 9.17) is 0 Å². The van der Waals surface area contributed by atoms with Gasteiger partial charge >= 0.3 is 0 Å². The van der Waals surface area contributed by atoms with Crippen LogP contribution >= 0.6 is 11.8 Å². The molecule has 0 saturated heterocycles. The molecule has 0 amide bonds. The Balaban J connectivity index is 2.15. The maximum absolute atomic E-state index is 10.8. The molecule has 1 aromatic carbocycles. The third-order valence-corrected chi connectivity index (χ3v) is 3.59. The van der Waals surface area contributed by atoms with E-state index in [1.165, 1.54) is 18.5 Å². The first-order valence-electron chi connectivity index (χ1n) is 6.34. The molecule has 0 atom stereocenters. The normalized spacial score (nSPS) is 10.7. The van der Waals surface area contributed by atoms with Crippen molar-refractivity contribution in [3.63, 3.8) is 0 Å². The van der Waals surface area contributed by atoms with Gasteiger partial charge in [-0.3, -0.25) is 10.1 Å². The van der Waals surface area contributed by atoms with Gasteiger partial charge in [0.05, 0.1) is 10.4 Å². The number of aromatic nitrogens is 2. The Morgan fingerprint density at radius 1 is 1.35 bits per heavy atom. The summed E-state index contributed by atoms with van der Waals surface area (Å²) in [4.78, 5) is 18.7. The molecule has 20 heavy (non-hydrogen) atoms. The zero-order chi connectivity index (χ0) is 14.4. The molecule has 0 spiro atoms. The van der Waals surface area contributed by atoms with Crippen LogP contribution in [-0.4, -0.2) is 33.4 Å². The quantitative estimate of drug-likeness (QED) is 0.480. The summed E-state index contributed by atoms with van der Waals surface area (Å²) in [5.41, 5.74) is 0.759. The van der Waals surface area contributed by atoms with Crippen LogP contribution in [0.15, 0.2) is 24.5 Å². The van der Waals surface area contributed by atoms with E-state index < -0.39 is 4.92 Å². The van der Waals surface area contributed by atoms with Crippen molar-refractivity contribution < 1.29 is 4.92 Å². The fourth-order valence-electron chi connectivity index (χ4n) is 1.88. The Labute approximate surface area is 121 Å². The molecule has 7 heteroatoms. The van der Waals surface area contributed by atoms with Gasteiger partial charge in [0.2, 0.25) is 0 Å². The molecule has 0 aliphatic carbocycles. The Morgan fingerprint density at radius 2 is 2.20 bits per heavy atom. The number of hydrogen-bond acceptors (Lipinski definition) is 6. The minimum absolute atomic E-state index is 0.0535. The summed E-state index contributed by atoms with van der Waals surface area (Å²) in [7, 11) is 0. The van der Waals surface area contributed by atoms with E-state index in [0.29, 0.717) is 16.7 Å². The molecule has 2 rings (SSSR count). The van der Waals surface area contributed by atoms with E-state index in [1.807, 2.05) is 11.8 Å². The molecule has 1 aromatic heterocycles. The lowest BCUT2D eigenvalue weighted by Crippen LogP contribution is -2.05. The van der Waals surface area contributed by atoms with Gasteiger partial charge in [-0.1, -0.05) is 0 Å². The van der Waals surface area contributed by atoms with Crippen molar-refractivity contribution in [2.24, 2.45) is 0 Å². The van der Waals surface area contributed by atoms with Crippen LogP contribution in [-0.2, 0) is 0 Å². The van der Waals surface area contributed by atoms with E-state index in [9.17, 15) is 10.1 Å². The average Bonchev–Trinajstić information content (AvgIpc) is 2.46. The first-order chi connectivity index (χ1) is 9.72. The maximum Gasteiger partial charge on any atom is 0.270 e. The Hall–Kier alpha value is -1.89. The molecule has 106 valence electrons. The van der Waals surface area contributed by atoms with Crippen molar-refractivity contribution in [2.45, 2.75) is 12.8 Å². The molecule has 6 nitrogen and oxygen atoms in total. The number of benzene rings is 1. The number of hydrogen-bond donors (Lipinski definition) is 1. The Morgan fingerprint density at radius 3 is 2.95 bits per heavy atom. The first-order valence-corrected chi connectivity index (χ1v) is 7.73. The molecule has 0 fully saturated rings. The van der Waals surface area contributed by atoms with E-state index in [2.05, 4.69) is 21.5 Å². The lowest BCUT2D eigenvalue weighted by Gasteiger charge is -2.07. The maximum atomic E-state index is 10.8. The van der Waals surface area contributed by atoms with E-state index in [-0.39, 0.29) is 5.69 Å². The van der Waals surface area contributed by atoms with Crippen LogP contribution in [0.4, 0.5) is 11.5 Å². The topological polar surface area (TPSA) is 81.0 Å². The van der Waals surface area contributed by atoms with Crippen LogP contribution in [0.5, 0.6) is 0 Å². The van der Waals surface area contributed by atoms with Crippen LogP contribution < -0.4 is 5.32 Å². The number of nitro groups is 1. The number of nitrogens with one attached hydrogen (secondary N) is 1. The zero-order valence-electron chi connectivity index (χ0n) is 11.2. The number of nitro benzene ring substituents is 1. The molecule has 2 aromatic rings.